The Labute approximate surface area is 121 Å². The van der Waals surface area contributed by atoms with Crippen LogP contribution in [0, 0.1) is 10.1 Å². The Morgan fingerprint density at radius 2 is 2.05 bits per heavy atom. The summed E-state index contributed by atoms with van der Waals surface area (Å²) in [5.41, 5.74) is 6.45. The molecular formula is C14H15N3O4. The maximum atomic E-state index is 10.8. The molecule has 110 valence electrons. The third-order valence-electron chi connectivity index (χ3n) is 2.87. The van der Waals surface area contributed by atoms with Crippen molar-refractivity contribution in [3.63, 3.8) is 0 Å². The summed E-state index contributed by atoms with van der Waals surface area (Å²) in [6, 6.07) is 7.84. The van der Waals surface area contributed by atoms with Crippen LogP contribution in [0.3, 0.4) is 0 Å². The highest BCUT2D eigenvalue weighted by atomic mass is 16.6. The van der Waals surface area contributed by atoms with Gasteiger partial charge in [0, 0.05) is 0 Å². The van der Waals surface area contributed by atoms with Crippen LogP contribution in [0.1, 0.15) is 12.5 Å². The fourth-order valence-corrected chi connectivity index (χ4v) is 1.80. The molecule has 0 amide bonds. The molecule has 0 fully saturated rings. The highest BCUT2D eigenvalue weighted by Gasteiger charge is 2.13. The maximum Gasteiger partial charge on any atom is 0.278 e. The fraction of sp³-hybridized carbons (Fsp3) is 0.214. The smallest absolute Gasteiger partial charge is 0.278 e. The Morgan fingerprint density at radius 3 is 2.67 bits per heavy atom. The maximum absolute atomic E-state index is 10.8. The molecule has 0 bridgehead atoms. The number of hydrogen-bond donors (Lipinski definition) is 1. The monoisotopic (exact) mass is 289 g/mol. The van der Waals surface area contributed by atoms with Gasteiger partial charge >= 0.3 is 0 Å². The minimum atomic E-state index is -0.553. The van der Waals surface area contributed by atoms with E-state index in [0.717, 1.165) is 12.0 Å². The molecule has 1 heterocycles. The first-order valence-corrected chi connectivity index (χ1v) is 6.30. The second-order valence-corrected chi connectivity index (χ2v) is 4.29. The number of anilines is 1. The molecule has 7 heteroatoms. The summed E-state index contributed by atoms with van der Waals surface area (Å²) >= 11 is 0. The van der Waals surface area contributed by atoms with Crippen molar-refractivity contribution in [2.45, 2.75) is 13.3 Å². The van der Waals surface area contributed by atoms with Gasteiger partial charge < -0.3 is 15.2 Å². The van der Waals surface area contributed by atoms with Crippen LogP contribution in [0.4, 0.5) is 11.5 Å². The Balaban J connectivity index is 2.35. The van der Waals surface area contributed by atoms with Gasteiger partial charge in [-0.25, -0.2) is 0 Å². The summed E-state index contributed by atoms with van der Waals surface area (Å²) in [7, 11) is 1.52. The molecule has 7 nitrogen and oxygen atoms in total. The van der Waals surface area contributed by atoms with Crippen molar-refractivity contribution in [2.75, 3.05) is 12.8 Å². The lowest BCUT2D eigenvalue weighted by atomic mass is 10.1. The van der Waals surface area contributed by atoms with E-state index in [1.165, 1.54) is 19.2 Å². The Hall–Kier alpha value is -2.83. The van der Waals surface area contributed by atoms with E-state index in [4.69, 9.17) is 15.2 Å². The van der Waals surface area contributed by atoms with Gasteiger partial charge in [0.15, 0.2) is 11.5 Å². The van der Waals surface area contributed by atoms with Crippen LogP contribution in [0.25, 0.3) is 0 Å². The third kappa shape index (κ3) is 3.38. The molecule has 2 rings (SSSR count). The van der Waals surface area contributed by atoms with Crippen molar-refractivity contribution in [1.29, 1.82) is 0 Å². The summed E-state index contributed by atoms with van der Waals surface area (Å²) in [5.74, 6) is 1.01. The minimum absolute atomic E-state index is 0.0170. The molecule has 2 aromatic rings. The van der Waals surface area contributed by atoms with Gasteiger partial charge in [-0.15, -0.1) is 0 Å². The zero-order valence-electron chi connectivity index (χ0n) is 11.7. The van der Waals surface area contributed by atoms with Gasteiger partial charge in [-0.1, -0.05) is 13.0 Å². The lowest BCUT2D eigenvalue weighted by molar-refractivity contribution is -0.384. The Bertz CT molecular complexity index is 673. The highest BCUT2D eigenvalue weighted by Crippen LogP contribution is 2.33. The van der Waals surface area contributed by atoms with Gasteiger partial charge in [0.25, 0.3) is 5.69 Å². The number of nitrogens with zero attached hydrogens (tertiary/aromatic N) is 2. The normalized spacial score (nSPS) is 10.2. The van der Waals surface area contributed by atoms with Gasteiger partial charge in [0.05, 0.1) is 24.2 Å². The summed E-state index contributed by atoms with van der Waals surface area (Å²) in [5, 5.41) is 10.8. The van der Waals surface area contributed by atoms with Gasteiger partial charge in [-0.2, -0.15) is 4.98 Å². The minimum Gasteiger partial charge on any atom is -0.493 e. The zero-order chi connectivity index (χ0) is 15.4. The largest absolute Gasteiger partial charge is 0.493 e. The average molecular weight is 289 g/mol. The van der Waals surface area contributed by atoms with Gasteiger partial charge in [-0.3, -0.25) is 10.1 Å². The summed E-state index contributed by atoms with van der Waals surface area (Å²) in [4.78, 5) is 14.2. The Kier molecular flexibility index (Phi) is 4.22. The third-order valence-corrected chi connectivity index (χ3v) is 2.87. The molecule has 0 aliphatic heterocycles. The van der Waals surface area contributed by atoms with Crippen LogP contribution in [-0.2, 0) is 6.42 Å². The number of nitro groups is 1. The molecule has 2 N–H and O–H groups in total. The van der Waals surface area contributed by atoms with Crippen molar-refractivity contribution in [2.24, 2.45) is 0 Å². The van der Waals surface area contributed by atoms with Crippen LogP contribution in [-0.4, -0.2) is 17.0 Å². The summed E-state index contributed by atoms with van der Waals surface area (Å²) in [6.45, 7) is 2.03. The lowest BCUT2D eigenvalue weighted by Crippen LogP contribution is -1.98. The van der Waals surface area contributed by atoms with Crippen molar-refractivity contribution >= 4 is 11.5 Å². The molecule has 0 spiro atoms. The van der Waals surface area contributed by atoms with Crippen LogP contribution in [0.5, 0.6) is 17.4 Å². The molecule has 0 unspecified atom stereocenters. The number of aryl methyl sites for hydroxylation is 1. The van der Waals surface area contributed by atoms with Gasteiger partial charge in [0.1, 0.15) is 5.82 Å². The van der Waals surface area contributed by atoms with Crippen LogP contribution >= 0.6 is 0 Å². The molecule has 0 atom stereocenters. The number of benzene rings is 1. The van der Waals surface area contributed by atoms with E-state index in [0.29, 0.717) is 11.5 Å². The standard InChI is InChI=1S/C14H15N3O4/c1-3-9-4-5-11(12(6-9)20-2)21-14-8-10(17(18)19)7-13(15)16-14/h4-8H,3H2,1-2H3,(H2,15,16). The molecule has 0 saturated heterocycles. The van der Waals surface area contributed by atoms with E-state index in [-0.39, 0.29) is 17.4 Å². The van der Waals surface area contributed by atoms with Crippen LogP contribution in [0.15, 0.2) is 30.3 Å². The topological polar surface area (TPSA) is 101 Å². The number of aromatic nitrogens is 1. The Morgan fingerprint density at radius 1 is 1.29 bits per heavy atom. The molecule has 0 saturated carbocycles. The van der Waals surface area contributed by atoms with Crippen LogP contribution in [0.2, 0.25) is 0 Å². The summed E-state index contributed by atoms with van der Waals surface area (Å²) in [6.07, 6.45) is 0.860. The van der Waals surface area contributed by atoms with E-state index in [9.17, 15) is 10.1 Å². The van der Waals surface area contributed by atoms with E-state index in [2.05, 4.69) is 4.98 Å². The second-order valence-electron chi connectivity index (χ2n) is 4.29. The van der Waals surface area contributed by atoms with E-state index >= 15 is 0 Å². The van der Waals surface area contributed by atoms with E-state index < -0.39 is 4.92 Å². The number of nitrogen functional groups attached to an aromatic ring is 1. The van der Waals surface area contributed by atoms with Crippen molar-refractivity contribution in [3.05, 3.63) is 46.0 Å². The first-order valence-electron chi connectivity index (χ1n) is 6.30. The van der Waals surface area contributed by atoms with Crippen molar-refractivity contribution in [3.8, 4) is 17.4 Å². The number of nitrogens with two attached hydrogens (primary N) is 1. The number of hydrogen-bond acceptors (Lipinski definition) is 6. The van der Waals surface area contributed by atoms with Crippen LogP contribution < -0.4 is 15.2 Å². The quantitative estimate of drug-likeness (QED) is 0.670. The molecular weight excluding hydrogens is 274 g/mol. The van der Waals surface area contributed by atoms with Crippen molar-refractivity contribution in [1.82, 2.24) is 4.98 Å². The van der Waals surface area contributed by atoms with Gasteiger partial charge in [0.2, 0.25) is 5.88 Å². The predicted molar refractivity (Wildman–Crippen MR) is 77.7 cm³/mol. The first-order chi connectivity index (χ1) is 10.0. The number of pyridine rings is 1. The fourth-order valence-electron chi connectivity index (χ4n) is 1.80. The molecule has 21 heavy (non-hydrogen) atoms. The molecule has 1 aromatic heterocycles. The average Bonchev–Trinajstić information content (AvgIpc) is 2.47. The first kappa shape index (κ1) is 14.6. The number of methoxy groups -OCH3 is 1. The SMILES string of the molecule is CCc1ccc(Oc2cc([N+](=O)[O-])cc(N)n2)c(OC)c1. The molecule has 0 aliphatic rings. The second kappa shape index (κ2) is 6.08. The number of ether oxygens (including phenoxy) is 2. The summed E-state index contributed by atoms with van der Waals surface area (Å²) < 4.78 is 10.8. The predicted octanol–water partition coefficient (Wildman–Crippen LogP) is 2.94. The zero-order valence-corrected chi connectivity index (χ0v) is 11.7. The number of rotatable bonds is 5. The van der Waals surface area contributed by atoms with E-state index in [1.807, 2.05) is 19.1 Å². The van der Waals surface area contributed by atoms with E-state index in [1.54, 1.807) is 6.07 Å². The molecule has 0 aliphatic carbocycles. The molecule has 1 aromatic carbocycles. The lowest BCUT2D eigenvalue weighted by Gasteiger charge is -2.11. The van der Waals surface area contributed by atoms with Gasteiger partial charge in [-0.05, 0) is 24.1 Å². The molecule has 0 radical (unpaired) electrons. The highest BCUT2D eigenvalue weighted by molar-refractivity contribution is 5.49. The van der Waals surface area contributed by atoms with Crippen molar-refractivity contribution < 1.29 is 14.4 Å².